The molecule has 0 bridgehead atoms. The van der Waals surface area contributed by atoms with Crippen molar-refractivity contribution in [3.63, 3.8) is 0 Å². The fourth-order valence-electron chi connectivity index (χ4n) is 2.24. The van der Waals surface area contributed by atoms with E-state index >= 15 is 0 Å². The molecule has 0 spiro atoms. The fourth-order valence-corrected chi connectivity index (χ4v) is 2.24. The number of methoxy groups -OCH3 is 1. The molecule has 2 aromatic carbocycles. The normalized spacial score (nSPS) is 14.3. The molecular formula is C19H17F3O3. The number of alkyl halides is 3. The van der Waals surface area contributed by atoms with Crippen LogP contribution in [0.5, 0.6) is 0 Å². The van der Waals surface area contributed by atoms with E-state index in [1.54, 1.807) is 30.3 Å². The summed E-state index contributed by atoms with van der Waals surface area (Å²) in [6.45, 7) is 0. The maximum absolute atomic E-state index is 13.4. The summed E-state index contributed by atoms with van der Waals surface area (Å²) in [6, 6.07) is 13.8. The molecule has 0 aliphatic carbocycles. The zero-order valence-corrected chi connectivity index (χ0v) is 13.5. The first-order valence-corrected chi connectivity index (χ1v) is 7.46. The first kappa shape index (κ1) is 18.7. The number of benzene rings is 2. The van der Waals surface area contributed by atoms with Crippen molar-refractivity contribution in [1.82, 2.24) is 0 Å². The third kappa shape index (κ3) is 4.70. The van der Waals surface area contributed by atoms with Gasteiger partial charge in [-0.25, -0.2) is 4.79 Å². The zero-order valence-electron chi connectivity index (χ0n) is 13.5. The SMILES string of the molecule is COC(=O)c1ccc(CC(O)(/C=C/c2ccccc2)C(F)(F)F)cc1. The summed E-state index contributed by atoms with van der Waals surface area (Å²) < 4.78 is 44.7. The molecule has 0 aliphatic heterocycles. The Kier molecular flexibility index (Phi) is 5.64. The van der Waals surface area contributed by atoms with Crippen LogP contribution in [0.1, 0.15) is 21.5 Å². The largest absolute Gasteiger partial charge is 0.465 e. The van der Waals surface area contributed by atoms with Crippen LogP contribution in [0.2, 0.25) is 0 Å². The first-order valence-electron chi connectivity index (χ1n) is 7.46. The minimum Gasteiger partial charge on any atom is -0.465 e. The molecule has 1 unspecified atom stereocenters. The Hall–Kier alpha value is -2.60. The smallest absolute Gasteiger partial charge is 0.421 e. The molecule has 0 radical (unpaired) electrons. The van der Waals surface area contributed by atoms with Crippen LogP contribution in [-0.2, 0) is 11.2 Å². The Morgan fingerprint density at radius 3 is 2.20 bits per heavy atom. The van der Waals surface area contributed by atoms with Crippen molar-refractivity contribution in [2.24, 2.45) is 0 Å². The second-order valence-electron chi connectivity index (χ2n) is 5.53. The van der Waals surface area contributed by atoms with Gasteiger partial charge in [-0.2, -0.15) is 13.2 Å². The monoisotopic (exact) mass is 350 g/mol. The van der Waals surface area contributed by atoms with Crippen molar-refractivity contribution >= 4 is 12.0 Å². The maximum Gasteiger partial charge on any atom is 0.421 e. The summed E-state index contributed by atoms with van der Waals surface area (Å²) >= 11 is 0. The van der Waals surface area contributed by atoms with Gasteiger partial charge in [0.1, 0.15) is 0 Å². The molecule has 1 atom stereocenters. The molecule has 0 aromatic heterocycles. The maximum atomic E-state index is 13.4. The molecule has 132 valence electrons. The van der Waals surface area contributed by atoms with E-state index in [0.717, 1.165) is 6.08 Å². The highest BCUT2D eigenvalue weighted by Gasteiger charge is 2.51. The molecule has 2 aromatic rings. The van der Waals surface area contributed by atoms with E-state index in [1.807, 2.05) is 0 Å². The molecule has 0 saturated heterocycles. The third-order valence-corrected chi connectivity index (χ3v) is 3.69. The molecule has 0 aliphatic rings. The second-order valence-corrected chi connectivity index (χ2v) is 5.53. The summed E-state index contributed by atoms with van der Waals surface area (Å²) in [5.74, 6) is -0.582. The second kappa shape index (κ2) is 7.53. The average Bonchev–Trinajstić information content (AvgIpc) is 2.60. The quantitative estimate of drug-likeness (QED) is 0.829. The van der Waals surface area contributed by atoms with Crippen molar-refractivity contribution in [1.29, 1.82) is 0 Å². The lowest BCUT2D eigenvalue weighted by Gasteiger charge is -2.27. The summed E-state index contributed by atoms with van der Waals surface area (Å²) in [4.78, 5) is 11.4. The highest BCUT2D eigenvalue weighted by Crippen LogP contribution is 2.35. The van der Waals surface area contributed by atoms with Gasteiger partial charge in [0.15, 0.2) is 5.60 Å². The van der Waals surface area contributed by atoms with E-state index in [1.165, 1.54) is 37.5 Å². The number of carbonyl (C=O) groups excluding carboxylic acids is 1. The first-order chi connectivity index (χ1) is 11.7. The van der Waals surface area contributed by atoms with Crippen molar-refractivity contribution < 1.29 is 27.8 Å². The van der Waals surface area contributed by atoms with Crippen LogP contribution in [0.3, 0.4) is 0 Å². The minimum atomic E-state index is -4.85. The van der Waals surface area contributed by atoms with Crippen LogP contribution >= 0.6 is 0 Å². The van der Waals surface area contributed by atoms with Crippen LogP contribution in [-0.4, -0.2) is 30.0 Å². The summed E-state index contributed by atoms with van der Waals surface area (Å²) in [5, 5.41) is 10.2. The van der Waals surface area contributed by atoms with Gasteiger partial charge in [0, 0.05) is 6.42 Å². The molecular weight excluding hydrogens is 333 g/mol. The van der Waals surface area contributed by atoms with Gasteiger partial charge in [0.2, 0.25) is 0 Å². The predicted octanol–water partition coefficient (Wildman–Crippen LogP) is 4.02. The Morgan fingerprint density at radius 2 is 1.68 bits per heavy atom. The average molecular weight is 350 g/mol. The number of hydrogen-bond acceptors (Lipinski definition) is 3. The molecule has 0 heterocycles. The Labute approximate surface area is 143 Å². The standard InChI is InChI=1S/C19H17F3O3/c1-25-17(23)16-9-7-15(8-10-16)13-18(24,19(20,21)22)12-11-14-5-3-2-4-6-14/h2-12,24H,13H2,1H3/b12-11+. The number of rotatable bonds is 5. The van der Waals surface area contributed by atoms with E-state index < -0.39 is 24.2 Å². The molecule has 0 saturated carbocycles. The predicted molar refractivity (Wildman–Crippen MR) is 88.0 cm³/mol. The van der Waals surface area contributed by atoms with E-state index in [2.05, 4.69) is 4.74 Å². The van der Waals surface area contributed by atoms with Gasteiger partial charge in [-0.1, -0.05) is 48.5 Å². The molecule has 25 heavy (non-hydrogen) atoms. The number of carbonyl (C=O) groups is 1. The lowest BCUT2D eigenvalue weighted by Crippen LogP contribution is -2.45. The number of hydrogen-bond donors (Lipinski definition) is 1. The van der Waals surface area contributed by atoms with E-state index in [4.69, 9.17) is 0 Å². The zero-order chi connectivity index (χ0) is 18.5. The van der Waals surface area contributed by atoms with Gasteiger partial charge in [-0.3, -0.25) is 0 Å². The van der Waals surface area contributed by atoms with Gasteiger partial charge in [0.25, 0.3) is 0 Å². The Morgan fingerprint density at radius 1 is 1.08 bits per heavy atom. The van der Waals surface area contributed by atoms with E-state index in [-0.39, 0.29) is 11.1 Å². The lowest BCUT2D eigenvalue weighted by atomic mass is 9.92. The van der Waals surface area contributed by atoms with E-state index in [9.17, 15) is 23.1 Å². The molecule has 6 heteroatoms. The van der Waals surface area contributed by atoms with Gasteiger partial charge in [-0.05, 0) is 29.3 Å². The van der Waals surface area contributed by atoms with Crippen LogP contribution < -0.4 is 0 Å². The number of esters is 1. The summed E-state index contributed by atoms with van der Waals surface area (Å²) in [5.41, 5.74) is -2.01. The molecule has 0 fully saturated rings. The van der Waals surface area contributed by atoms with Crippen molar-refractivity contribution in [3.8, 4) is 0 Å². The van der Waals surface area contributed by atoms with Crippen LogP contribution in [0.15, 0.2) is 60.7 Å². The van der Waals surface area contributed by atoms with Crippen molar-refractivity contribution in [3.05, 3.63) is 77.4 Å². The lowest BCUT2D eigenvalue weighted by molar-refractivity contribution is -0.238. The number of ether oxygens (including phenoxy) is 1. The summed E-state index contributed by atoms with van der Waals surface area (Å²) in [6.07, 6.45) is -3.53. The van der Waals surface area contributed by atoms with Gasteiger partial charge < -0.3 is 9.84 Å². The van der Waals surface area contributed by atoms with Crippen LogP contribution in [0.4, 0.5) is 13.2 Å². The van der Waals surface area contributed by atoms with Crippen molar-refractivity contribution in [2.45, 2.75) is 18.2 Å². The molecule has 0 amide bonds. The number of aliphatic hydroxyl groups is 1. The minimum absolute atomic E-state index is 0.224. The molecule has 2 rings (SSSR count). The van der Waals surface area contributed by atoms with Crippen LogP contribution in [0.25, 0.3) is 6.08 Å². The van der Waals surface area contributed by atoms with Crippen molar-refractivity contribution in [2.75, 3.05) is 7.11 Å². The molecule has 1 N–H and O–H groups in total. The number of halogens is 3. The molecule has 3 nitrogen and oxygen atoms in total. The van der Waals surface area contributed by atoms with Gasteiger partial charge in [-0.15, -0.1) is 0 Å². The third-order valence-electron chi connectivity index (χ3n) is 3.69. The van der Waals surface area contributed by atoms with Gasteiger partial charge in [0.05, 0.1) is 12.7 Å². The summed E-state index contributed by atoms with van der Waals surface area (Å²) in [7, 11) is 1.22. The van der Waals surface area contributed by atoms with Gasteiger partial charge >= 0.3 is 12.1 Å². The van der Waals surface area contributed by atoms with Crippen LogP contribution in [0, 0.1) is 0 Å². The highest BCUT2D eigenvalue weighted by molar-refractivity contribution is 5.89. The Balaban J connectivity index is 2.26. The van der Waals surface area contributed by atoms with E-state index in [0.29, 0.717) is 5.56 Å². The highest BCUT2D eigenvalue weighted by atomic mass is 19.4. The fraction of sp³-hybridized carbons (Fsp3) is 0.211. The topological polar surface area (TPSA) is 46.5 Å². The Bertz CT molecular complexity index is 737.